The van der Waals surface area contributed by atoms with Gasteiger partial charge < -0.3 is 19.3 Å². The molecule has 322 valence electrons. The second-order valence-electron chi connectivity index (χ2n) is 18.5. The lowest BCUT2D eigenvalue weighted by Crippen LogP contribution is -2.16. The van der Waals surface area contributed by atoms with Crippen LogP contribution in [0.15, 0.2) is 206 Å². The van der Waals surface area contributed by atoms with Gasteiger partial charge in [-0.25, -0.2) is 0 Å². The quantitative estimate of drug-likeness (QED) is 0.137. The lowest BCUT2D eigenvalue weighted by molar-refractivity contribution is 0.414. The first-order chi connectivity index (χ1) is 32.1. The third-order valence-corrected chi connectivity index (χ3v) is 14.1. The molecule has 0 saturated heterocycles. The number of anilines is 6. The first-order valence-corrected chi connectivity index (χ1v) is 22.8. The van der Waals surface area contributed by atoms with Gasteiger partial charge in [0, 0.05) is 45.0 Å². The number of methoxy groups -OCH3 is 2. The molecular formula is C62H52N2O2. The molecular weight excluding hydrogens is 805 g/mol. The lowest BCUT2D eigenvalue weighted by atomic mass is 9.82. The maximum Gasteiger partial charge on any atom is 0.119 e. The van der Waals surface area contributed by atoms with Crippen LogP contribution >= 0.6 is 0 Å². The van der Waals surface area contributed by atoms with Gasteiger partial charge in [-0.3, -0.25) is 0 Å². The molecule has 0 heterocycles. The number of ether oxygens (including phenoxy) is 2. The van der Waals surface area contributed by atoms with Crippen molar-refractivity contribution in [2.24, 2.45) is 0 Å². The lowest BCUT2D eigenvalue weighted by Gasteiger charge is -2.28. The van der Waals surface area contributed by atoms with Crippen LogP contribution in [0.1, 0.15) is 49.9 Å². The molecule has 0 radical (unpaired) electrons. The fraction of sp³-hybridized carbons (Fsp3) is 0.129. The third kappa shape index (κ3) is 6.84. The fourth-order valence-electron chi connectivity index (χ4n) is 10.5. The highest BCUT2D eigenvalue weighted by molar-refractivity contribution is 5.88. The Bertz CT molecular complexity index is 3020. The minimum atomic E-state index is -0.0999. The molecule has 4 heteroatoms. The summed E-state index contributed by atoms with van der Waals surface area (Å²) in [6.45, 7) is 9.34. The van der Waals surface area contributed by atoms with Crippen LogP contribution in [0, 0.1) is 0 Å². The van der Waals surface area contributed by atoms with Crippen LogP contribution in [-0.4, -0.2) is 14.2 Å². The van der Waals surface area contributed by atoms with Crippen LogP contribution < -0.4 is 19.3 Å². The van der Waals surface area contributed by atoms with Crippen molar-refractivity contribution in [3.63, 3.8) is 0 Å². The number of nitrogens with zero attached hydrogens (tertiary/aromatic N) is 2. The first kappa shape index (κ1) is 40.9. The van der Waals surface area contributed by atoms with E-state index in [0.29, 0.717) is 0 Å². The number of hydrogen-bond donors (Lipinski definition) is 0. The molecule has 2 aliphatic rings. The summed E-state index contributed by atoms with van der Waals surface area (Å²) in [4.78, 5) is 4.69. The van der Waals surface area contributed by atoms with Crippen molar-refractivity contribution in [3.05, 3.63) is 229 Å². The zero-order chi connectivity index (χ0) is 45.2. The Kier molecular flexibility index (Phi) is 9.92. The Labute approximate surface area is 389 Å². The molecule has 0 aliphatic heterocycles. The van der Waals surface area contributed by atoms with Crippen molar-refractivity contribution >= 4 is 34.1 Å². The van der Waals surface area contributed by atoms with E-state index in [9.17, 15) is 0 Å². The largest absolute Gasteiger partial charge is 0.497 e. The van der Waals surface area contributed by atoms with Crippen LogP contribution in [-0.2, 0) is 10.8 Å². The third-order valence-electron chi connectivity index (χ3n) is 14.1. The van der Waals surface area contributed by atoms with E-state index in [1.165, 1.54) is 55.6 Å². The highest BCUT2D eigenvalue weighted by Gasteiger charge is 2.37. The van der Waals surface area contributed by atoms with Crippen molar-refractivity contribution in [2.45, 2.75) is 38.5 Å². The minimum absolute atomic E-state index is 0.0999. The Hall–Kier alpha value is -7.82. The second-order valence-corrected chi connectivity index (χ2v) is 18.5. The predicted octanol–water partition coefficient (Wildman–Crippen LogP) is 16.6. The molecule has 0 amide bonds. The van der Waals surface area contributed by atoms with E-state index in [4.69, 9.17) is 9.47 Å². The monoisotopic (exact) mass is 856 g/mol. The van der Waals surface area contributed by atoms with E-state index >= 15 is 0 Å². The summed E-state index contributed by atoms with van der Waals surface area (Å²) >= 11 is 0. The van der Waals surface area contributed by atoms with Gasteiger partial charge in [0.2, 0.25) is 0 Å². The van der Waals surface area contributed by atoms with Crippen LogP contribution in [0.3, 0.4) is 0 Å². The Morgan fingerprint density at radius 3 is 0.894 bits per heavy atom. The van der Waals surface area contributed by atoms with Crippen molar-refractivity contribution in [2.75, 3.05) is 24.0 Å². The van der Waals surface area contributed by atoms with Gasteiger partial charge in [0.25, 0.3) is 0 Å². The van der Waals surface area contributed by atoms with Gasteiger partial charge in [-0.1, -0.05) is 137 Å². The maximum absolute atomic E-state index is 5.54. The van der Waals surface area contributed by atoms with Crippen LogP contribution in [0.25, 0.3) is 44.5 Å². The van der Waals surface area contributed by atoms with Gasteiger partial charge in [-0.05, 0) is 164 Å². The van der Waals surface area contributed by atoms with Crippen molar-refractivity contribution in [1.29, 1.82) is 0 Å². The van der Waals surface area contributed by atoms with Gasteiger partial charge >= 0.3 is 0 Å². The highest BCUT2D eigenvalue weighted by atomic mass is 16.5. The first-order valence-electron chi connectivity index (χ1n) is 22.8. The molecule has 4 nitrogen and oxygen atoms in total. The number of fused-ring (bicyclic) bond motifs is 6. The van der Waals surface area contributed by atoms with E-state index in [1.54, 1.807) is 14.2 Å². The molecule has 0 bridgehead atoms. The molecule has 0 atom stereocenters. The van der Waals surface area contributed by atoms with E-state index in [-0.39, 0.29) is 10.8 Å². The molecule has 9 aromatic rings. The number of rotatable bonds is 10. The molecule has 66 heavy (non-hydrogen) atoms. The predicted molar refractivity (Wildman–Crippen MR) is 275 cm³/mol. The zero-order valence-corrected chi connectivity index (χ0v) is 38.3. The smallest absolute Gasteiger partial charge is 0.119 e. The summed E-state index contributed by atoms with van der Waals surface area (Å²) < 4.78 is 11.1. The highest BCUT2D eigenvalue weighted by Crippen LogP contribution is 2.52. The topological polar surface area (TPSA) is 24.9 Å². The molecule has 11 rings (SSSR count). The Balaban J connectivity index is 0.876. The Morgan fingerprint density at radius 2 is 0.561 bits per heavy atom. The second kappa shape index (κ2) is 16.0. The molecule has 0 fully saturated rings. The molecule has 0 spiro atoms. The van der Waals surface area contributed by atoms with Crippen molar-refractivity contribution in [3.8, 4) is 56.0 Å². The van der Waals surface area contributed by atoms with E-state index < -0.39 is 0 Å². The Morgan fingerprint density at radius 1 is 0.288 bits per heavy atom. The van der Waals surface area contributed by atoms with Crippen molar-refractivity contribution < 1.29 is 9.47 Å². The van der Waals surface area contributed by atoms with Gasteiger partial charge in [-0.2, -0.15) is 0 Å². The normalized spacial score (nSPS) is 13.5. The molecule has 2 aliphatic carbocycles. The molecule has 0 unspecified atom stereocenters. The standard InChI is InChI=1S/C62H52N2O2/c1-61(2)57-13-9-7-11-53(57)55-37-31-49(39-59(55)61)63(47-27-33-51(65-5)34-28-47)45-23-19-43(20-24-45)41-15-17-42(18-16-41)44-21-25-46(26-22-44)64(48-29-35-52(66-6)36-30-48)50-32-38-56-54-12-8-10-14-58(54)62(3,4)60(56)40-50/h7-40H,1-6H3. The number of hydrogen-bond acceptors (Lipinski definition) is 4. The van der Waals surface area contributed by atoms with Crippen LogP contribution in [0.2, 0.25) is 0 Å². The summed E-state index contributed by atoms with van der Waals surface area (Å²) in [5.41, 5.74) is 21.7. The van der Waals surface area contributed by atoms with Gasteiger partial charge in [0.1, 0.15) is 11.5 Å². The van der Waals surface area contributed by atoms with E-state index in [1.807, 2.05) is 24.3 Å². The minimum Gasteiger partial charge on any atom is -0.497 e. The summed E-state index contributed by atoms with van der Waals surface area (Å²) in [7, 11) is 3.42. The van der Waals surface area contributed by atoms with E-state index in [2.05, 4.69) is 219 Å². The van der Waals surface area contributed by atoms with Crippen molar-refractivity contribution in [1.82, 2.24) is 0 Å². The fourth-order valence-corrected chi connectivity index (χ4v) is 10.5. The maximum atomic E-state index is 5.54. The van der Waals surface area contributed by atoms with Gasteiger partial charge in [-0.15, -0.1) is 0 Å². The van der Waals surface area contributed by atoms with Crippen LogP contribution in [0.4, 0.5) is 34.1 Å². The van der Waals surface area contributed by atoms with Gasteiger partial charge in [0.15, 0.2) is 0 Å². The average molecular weight is 857 g/mol. The molecule has 0 saturated carbocycles. The zero-order valence-electron chi connectivity index (χ0n) is 38.3. The SMILES string of the molecule is COc1ccc(N(c2ccc(-c3ccc(-c4ccc(N(c5ccc(OC)cc5)c5ccc6c(c5)C(C)(C)c5ccccc5-6)cc4)cc3)cc2)c2ccc3c(c2)C(C)(C)c2ccccc2-3)cc1. The van der Waals surface area contributed by atoms with E-state index in [0.717, 1.165) is 56.8 Å². The summed E-state index contributed by atoms with van der Waals surface area (Å²) in [6.07, 6.45) is 0. The van der Waals surface area contributed by atoms with Crippen LogP contribution in [0.5, 0.6) is 11.5 Å². The molecule has 9 aromatic carbocycles. The molecule has 0 aromatic heterocycles. The van der Waals surface area contributed by atoms with Gasteiger partial charge in [0.05, 0.1) is 14.2 Å². The summed E-state index contributed by atoms with van der Waals surface area (Å²) in [5.74, 6) is 1.67. The number of benzene rings is 9. The molecule has 0 N–H and O–H groups in total. The summed E-state index contributed by atoms with van der Waals surface area (Å²) in [6, 6.07) is 74.9. The summed E-state index contributed by atoms with van der Waals surface area (Å²) in [5, 5.41) is 0. The average Bonchev–Trinajstić information content (AvgIpc) is 3.74.